The minimum absolute atomic E-state index is 0.00873. The van der Waals surface area contributed by atoms with Gasteiger partial charge in [-0.1, -0.05) is 0 Å². The molecule has 0 saturated carbocycles. The molecule has 2 amide bonds. The average molecular weight is 418 g/mol. The Morgan fingerprint density at radius 1 is 1.03 bits per heavy atom. The maximum absolute atomic E-state index is 12.9. The van der Waals surface area contributed by atoms with Crippen molar-refractivity contribution in [2.24, 2.45) is 5.92 Å². The van der Waals surface area contributed by atoms with Gasteiger partial charge >= 0.3 is 17.9 Å². The molecule has 1 atom stereocenters. The molecule has 30 heavy (non-hydrogen) atoms. The lowest BCUT2D eigenvalue weighted by atomic mass is 9.89. The second kappa shape index (κ2) is 9.68. The van der Waals surface area contributed by atoms with Gasteiger partial charge in [0.15, 0.2) is 0 Å². The molecule has 1 aromatic carbocycles. The predicted molar refractivity (Wildman–Crippen MR) is 103 cm³/mol. The first-order valence-electron chi connectivity index (χ1n) is 9.02. The molecule has 10 heteroatoms. The standard InChI is InChI=1S/C20H22N2O8/c1-5-30-20(27)16-10(2)21-15(23)9-14(16)17(24)22-13-7-11(18(25)28-3)6-12(8-13)19(26)29-4/h6-8,14H,5,9H2,1-4H3,(H,21,23)(H,22,24). The van der Waals surface area contributed by atoms with Crippen LogP contribution in [0, 0.1) is 5.92 Å². The summed E-state index contributed by atoms with van der Waals surface area (Å²) in [5, 5.41) is 5.06. The molecule has 0 aromatic heterocycles. The number of hydrogen-bond donors (Lipinski definition) is 2. The van der Waals surface area contributed by atoms with Crippen LogP contribution in [0.2, 0.25) is 0 Å². The lowest BCUT2D eigenvalue weighted by Gasteiger charge is -2.25. The summed E-state index contributed by atoms with van der Waals surface area (Å²) in [6, 6.07) is 3.87. The Morgan fingerprint density at radius 3 is 2.10 bits per heavy atom. The molecule has 0 aliphatic carbocycles. The van der Waals surface area contributed by atoms with E-state index in [1.807, 2.05) is 0 Å². The number of methoxy groups -OCH3 is 2. The van der Waals surface area contributed by atoms with E-state index in [1.165, 1.54) is 39.3 Å². The summed E-state index contributed by atoms with van der Waals surface area (Å²) >= 11 is 0. The summed E-state index contributed by atoms with van der Waals surface area (Å²) < 4.78 is 14.3. The summed E-state index contributed by atoms with van der Waals surface area (Å²) in [6.45, 7) is 3.22. The molecule has 1 aliphatic rings. The second-order valence-electron chi connectivity index (χ2n) is 6.34. The average Bonchev–Trinajstić information content (AvgIpc) is 2.71. The second-order valence-corrected chi connectivity index (χ2v) is 6.34. The number of benzene rings is 1. The topological polar surface area (TPSA) is 137 Å². The Morgan fingerprint density at radius 2 is 1.60 bits per heavy atom. The molecule has 1 heterocycles. The van der Waals surface area contributed by atoms with Crippen LogP contribution in [0.15, 0.2) is 29.5 Å². The zero-order chi connectivity index (χ0) is 22.4. The molecular weight excluding hydrogens is 396 g/mol. The zero-order valence-electron chi connectivity index (χ0n) is 17.0. The third-order valence-corrected chi connectivity index (χ3v) is 4.32. The maximum Gasteiger partial charge on any atom is 0.337 e. The molecule has 0 spiro atoms. The van der Waals surface area contributed by atoms with Crippen LogP contribution in [0.5, 0.6) is 0 Å². The lowest BCUT2D eigenvalue weighted by Crippen LogP contribution is -2.40. The van der Waals surface area contributed by atoms with Crippen molar-refractivity contribution in [1.82, 2.24) is 5.32 Å². The Kier molecular flexibility index (Phi) is 7.29. The summed E-state index contributed by atoms with van der Waals surface area (Å²) in [6.07, 6.45) is -0.266. The monoisotopic (exact) mass is 418 g/mol. The van der Waals surface area contributed by atoms with Crippen LogP contribution in [0.4, 0.5) is 5.69 Å². The quantitative estimate of drug-likeness (QED) is 0.519. The van der Waals surface area contributed by atoms with E-state index in [9.17, 15) is 24.0 Å². The van der Waals surface area contributed by atoms with Crippen LogP contribution in [0.25, 0.3) is 0 Å². The van der Waals surface area contributed by atoms with E-state index in [4.69, 9.17) is 4.74 Å². The normalized spacial score (nSPS) is 15.7. The van der Waals surface area contributed by atoms with Gasteiger partial charge in [0.25, 0.3) is 0 Å². The van der Waals surface area contributed by atoms with Gasteiger partial charge in [-0.2, -0.15) is 0 Å². The Hall–Kier alpha value is -3.69. The van der Waals surface area contributed by atoms with E-state index in [1.54, 1.807) is 6.92 Å². The molecule has 1 aliphatic heterocycles. The Bertz CT molecular complexity index is 900. The molecule has 1 unspecified atom stereocenters. The van der Waals surface area contributed by atoms with Crippen molar-refractivity contribution in [3.63, 3.8) is 0 Å². The molecule has 2 rings (SSSR count). The maximum atomic E-state index is 12.9. The van der Waals surface area contributed by atoms with Crippen molar-refractivity contribution >= 4 is 35.4 Å². The van der Waals surface area contributed by atoms with Crippen LogP contribution in [0.1, 0.15) is 41.0 Å². The van der Waals surface area contributed by atoms with E-state index >= 15 is 0 Å². The van der Waals surface area contributed by atoms with Crippen molar-refractivity contribution in [3.8, 4) is 0 Å². The van der Waals surface area contributed by atoms with Gasteiger partial charge in [0.1, 0.15) is 0 Å². The molecule has 2 N–H and O–H groups in total. The number of rotatable bonds is 6. The summed E-state index contributed by atoms with van der Waals surface area (Å²) in [5.74, 6) is -4.38. The van der Waals surface area contributed by atoms with Gasteiger partial charge in [-0.3, -0.25) is 9.59 Å². The molecule has 0 saturated heterocycles. The number of carbonyl (C=O) groups is 5. The highest BCUT2D eigenvalue weighted by molar-refractivity contribution is 6.07. The smallest absolute Gasteiger partial charge is 0.337 e. The zero-order valence-corrected chi connectivity index (χ0v) is 17.0. The van der Waals surface area contributed by atoms with Crippen LogP contribution in [0.3, 0.4) is 0 Å². The highest BCUT2D eigenvalue weighted by Gasteiger charge is 2.36. The van der Waals surface area contributed by atoms with E-state index in [0.29, 0.717) is 0 Å². The highest BCUT2D eigenvalue weighted by atomic mass is 16.5. The fourth-order valence-electron chi connectivity index (χ4n) is 3.00. The largest absolute Gasteiger partial charge is 0.465 e. The number of hydrogen-bond acceptors (Lipinski definition) is 8. The molecular formula is C20H22N2O8. The number of carbonyl (C=O) groups excluding carboxylic acids is 5. The first-order chi connectivity index (χ1) is 14.2. The van der Waals surface area contributed by atoms with E-state index in [0.717, 1.165) is 0 Å². The molecule has 10 nitrogen and oxygen atoms in total. The Balaban J connectivity index is 2.40. The van der Waals surface area contributed by atoms with Gasteiger partial charge in [0.2, 0.25) is 11.8 Å². The molecule has 160 valence electrons. The summed E-state index contributed by atoms with van der Waals surface area (Å²) in [5.41, 5.74) is 0.369. The van der Waals surface area contributed by atoms with Crippen LogP contribution in [-0.2, 0) is 28.6 Å². The van der Waals surface area contributed by atoms with Crippen molar-refractivity contribution < 1.29 is 38.2 Å². The Labute approximate surface area is 172 Å². The molecule has 0 fully saturated rings. The third kappa shape index (κ3) is 5.02. The van der Waals surface area contributed by atoms with Crippen molar-refractivity contribution in [1.29, 1.82) is 0 Å². The van der Waals surface area contributed by atoms with E-state index in [-0.39, 0.29) is 41.1 Å². The summed E-state index contributed by atoms with van der Waals surface area (Å²) in [7, 11) is 2.34. The van der Waals surface area contributed by atoms with Crippen molar-refractivity contribution in [3.05, 3.63) is 40.6 Å². The highest BCUT2D eigenvalue weighted by Crippen LogP contribution is 2.26. The van der Waals surface area contributed by atoms with Gasteiger partial charge in [0.05, 0.1) is 43.4 Å². The van der Waals surface area contributed by atoms with Crippen LogP contribution in [-0.4, -0.2) is 50.5 Å². The van der Waals surface area contributed by atoms with Crippen LogP contribution >= 0.6 is 0 Å². The number of ether oxygens (including phenoxy) is 3. The van der Waals surface area contributed by atoms with Gasteiger partial charge < -0.3 is 24.8 Å². The fourth-order valence-corrected chi connectivity index (χ4v) is 3.00. The number of anilines is 1. The summed E-state index contributed by atoms with van der Waals surface area (Å²) in [4.78, 5) is 61.0. The molecule has 0 radical (unpaired) electrons. The third-order valence-electron chi connectivity index (χ3n) is 4.32. The SMILES string of the molecule is CCOC(=O)C1=C(C)NC(=O)CC1C(=O)Nc1cc(C(=O)OC)cc(C(=O)OC)c1. The van der Waals surface area contributed by atoms with Gasteiger partial charge in [-0.05, 0) is 32.0 Å². The first kappa shape index (κ1) is 22.6. The number of amides is 2. The van der Waals surface area contributed by atoms with E-state index in [2.05, 4.69) is 20.1 Å². The van der Waals surface area contributed by atoms with Crippen LogP contribution < -0.4 is 10.6 Å². The number of nitrogens with one attached hydrogen (secondary N) is 2. The molecule has 1 aromatic rings. The first-order valence-corrected chi connectivity index (χ1v) is 9.02. The number of allylic oxidation sites excluding steroid dienone is 1. The van der Waals surface area contributed by atoms with Gasteiger partial charge in [-0.15, -0.1) is 0 Å². The number of esters is 3. The predicted octanol–water partition coefficient (Wildman–Crippen LogP) is 1.17. The lowest BCUT2D eigenvalue weighted by molar-refractivity contribution is -0.141. The fraction of sp³-hybridized carbons (Fsp3) is 0.350. The van der Waals surface area contributed by atoms with Gasteiger partial charge in [0, 0.05) is 17.8 Å². The molecule has 0 bridgehead atoms. The minimum Gasteiger partial charge on any atom is -0.465 e. The minimum atomic E-state index is -1.11. The van der Waals surface area contributed by atoms with Gasteiger partial charge in [-0.25, -0.2) is 14.4 Å². The van der Waals surface area contributed by atoms with Crippen molar-refractivity contribution in [2.45, 2.75) is 20.3 Å². The van der Waals surface area contributed by atoms with E-state index < -0.39 is 35.6 Å². The van der Waals surface area contributed by atoms with Crippen molar-refractivity contribution in [2.75, 3.05) is 26.1 Å².